The SMILES string of the molecule is COc1cccc(N(C)Cc2cc(Cl)ccc2N)c1. The molecule has 0 heterocycles. The lowest BCUT2D eigenvalue weighted by atomic mass is 10.1. The molecule has 0 radical (unpaired) electrons. The Hall–Kier alpha value is -1.87. The van der Waals surface area contributed by atoms with Gasteiger partial charge in [0.25, 0.3) is 0 Å². The zero-order chi connectivity index (χ0) is 13.8. The summed E-state index contributed by atoms with van der Waals surface area (Å²) in [5.41, 5.74) is 8.79. The van der Waals surface area contributed by atoms with Gasteiger partial charge in [0.2, 0.25) is 0 Å². The third kappa shape index (κ3) is 3.32. The van der Waals surface area contributed by atoms with Crippen LogP contribution in [-0.4, -0.2) is 14.2 Å². The maximum absolute atomic E-state index is 6.00. The molecule has 0 fully saturated rings. The molecule has 0 aromatic heterocycles. The molecule has 0 aliphatic heterocycles. The topological polar surface area (TPSA) is 38.5 Å². The number of methoxy groups -OCH3 is 1. The molecule has 0 amide bonds. The summed E-state index contributed by atoms with van der Waals surface area (Å²) >= 11 is 6.00. The molecular weight excluding hydrogens is 260 g/mol. The Morgan fingerprint density at radius 2 is 2.00 bits per heavy atom. The summed E-state index contributed by atoms with van der Waals surface area (Å²) in [7, 11) is 3.67. The van der Waals surface area contributed by atoms with Crippen LogP contribution >= 0.6 is 11.6 Å². The van der Waals surface area contributed by atoms with Gasteiger partial charge in [-0.25, -0.2) is 0 Å². The number of hydrogen-bond donors (Lipinski definition) is 1. The maximum Gasteiger partial charge on any atom is 0.120 e. The van der Waals surface area contributed by atoms with E-state index >= 15 is 0 Å². The number of nitrogens with two attached hydrogens (primary N) is 1. The number of nitrogens with zero attached hydrogens (tertiary/aromatic N) is 1. The number of nitrogen functional groups attached to an aromatic ring is 1. The minimum absolute atomic E-state index is 0.694. The van der Waals surface area contributed by atoms with Gasteiger partial charge in [0, 0.05) is 36.1 Å². The molecule has 2 N–H and O–H groups in total. The van der Waals surface area contributed by atoms with Crippen LogP contribution in [-0.2, 0) is 6.54 Å². The Morgan fingerprint density at radius 3 is 2.74 bits per heavy atom. The predicted molar refractivity (Wildman–Crippen MR) is 81.0 cm³/mol. The van der Waals surface area contributed by atoms with Crippen LogP contribution < -0.4 is 15.4 Å². The Labute approximate surface area is 118 Å². The molecule has 0 aliphatic rings. The summed E-state index contributed by atoms with van der Waals surface area (Å²) in [6.45, 7) is 0.694. The zero-order valence-corrected chi connectivity index (χ0v) is 11.8. The number of hydrogen-bond acceptors (Lipinski definition) is 3. The van der Waals surface area contributed by atoms with Crippen molar-refractivity contribution >= 4 is 23.0 Å². The van der Waals surface area contributed by atoms with E-state index in [-0.39, 0.29) is 0 Å². The molecule has 2 aromatic carbocycles. The van der Waals surface area contributed by atoms with E-state index in [0.717, 1.165) is 22.7 Å². The van der Waals surface area contributed by atoms with E-state index in [0.29, 0.717) is 11.6 Å². The smallest absolute Gasteiger partial charge is 0.120 e. The lowest BCUT2D eigenvalue weighted by Gasteiger charge is -2.21. The molecule has 19 heavy (non-hydrogen) atoms. The van der Waals surface area contributed by atoms with Crippen LogP contribution in [0.4, 0.5) is 11.4 Å². The van der Waals surface area contributed by atoms with Crippen molar-refractivity contribution in [1.29, 1.82) is 0 Å². The van der Waals surface area contributed by atoms with Crippen molar-refractivity contribution in [3.8, 4) is 5.75 Å². The van der Waals surface area contributed by atoms with E-state index in [1.807, 2.05) is 43.4 Å². The van der Waals surface area contributed by atoms with Crippen molar-refractivity contribution < 1.29 is 4.74 Å². The average molecular weight is 277 g/mol. The normalized spacial score (nSPS) is 10.3. The first-order valence-corrected chi connectivity index (χ1v) is 6.37. The van der Waals surface area contributed by atoms with E-state index in [9.17, 15) is 0 Å². The molecule has 2 aromatic rings. The molecule has 0 saturated carbocycles. The molecule has 0 unspecified atom stereocenters. The van der Waals surface area contributed by atoms with E-state index in [2.05, 4.69) is 4.90 Å². The van der Waals surface area contributed by atoms with Crippen LogP contribution in [0.2, 0.25) is 5.02 Å². The highest BCUT2D eigenvalue weighted by molar-refractivity contribution is 6.30. The fraction of sp³-hybridized carbons (Fsp3) is 0.200. The highest BCUT2D eigenvalue weighted by Gasteiger charge is 2.06. The van der Waals surface area contributed by atoms with Crippen LogP contribution in [0.1, 0.15) is 5.56 Å². The first-order valence-electron chi connectivity index (χ1n) is 5.99. The first-order chi connectivity index (χ1) is 9.10. The van der Waals surface area contributed by atoms with Gasteiger partial charge < -0.3 is 15.4 Å². The van der Waals surface area contributed by atoms with Gasteiger partial charge in [0.15, 0.2) is 0 Å². The number of rotatable bonds is 4. The van der Waals surface area contributed by atoms with Crippen LogP contribution in [0.15, 0.2) is 42.5 Å². The van der Waals surface area contributed by atoms with Crippen LogP contribution in [0.5, 0.6) is 5.75 Å². The fourth-order valence-corrected chi connectivity index (χ4v) is 2.10. The van der Waals surface area contributed by atoms with E-state index in [1.54, 1.807) is 13.2 Å². The summed E-state index contributed by atoms with van der Waals surface area (Å²) in [6, 6.07) is 13.4. The lowest BCUT2D eigenvalue weighted by Crippen LogP contribution is -2.17. The minimum atomic E-state index is 0.694. The Bertz CT molecular complexity index is 572. The highest BCUT2D eigenvalue weighted by atomic mass is 35.5. The van der Waals surface area contributed by atoms with Crippen molar-refractivity contribution in [3.63, 3.8) is 0 Å². The molecule has 3 nitrogen and oxygen atoms in total. The number of ether oxygens (including phenoxy) is 1. The van der Waals surface area contributed by atoms with Gasteiger partial charge in [0.1, 0.15) is 5.75 Å². The second-order valence-corrected chi connectivity index (χ2v) is 4.84. The molecule has 0 aliphatic carbocycles. The molecule has 2 rings (SSSR count). The molecular formula is C15H17ClN2O. The van der Waals surface area contributed by atoms with Gasteiger partial charge >= 0.3 is 0 Å². The van der Waals surface area contributed by atoms with Crippen molar-refractivity contribution in [2.75, 3.05) is 24.8 Å². The maximum atomic E-state index is 6.00. The summed E-state index contributed by atoms with van der Waals surface area (Å²) in [4.78, 5) is 2.10. The van der Waals surface area contributed by atoms with E-state index < -0.39 is 0 Å². The Kier molecular flexibility index (Phi) is 4.17. The number of halogens is 1. The Balaban J connectivity index is 2.20. The minimum Gasteiger partial charge on any atom is -0.497 e. The summed E-state index contributed by atoms with van der Waals surface area (Å²) in [6.07, 6.45) is 0. The fourth-order valence-electron chi connectivity index (χ4n) is 1.91. The summed E-state index contributed by atoms with van der Waals surface area (Å²) in [5, 5.41) is 0.697. The largest absolute Gasteiger partial charge is 0.497 e. The van der Waals surface area contributed by atoms with Crippen molar-refractivity contribution in [2.45, 2.75) is 6.54 Å². The Morgan fingerprint density at radius 1 is 1.21 bits per heavy atom. The van der Waals surface area contributed by atoms with Gasteiger partial charge in [-0.15, -0.1) is 0 Å². The third-order valence-electron chi connectivity index (χ3n) is 3.01. The second kappa shape index (κ2) is 5.85. The van der Waals surface area contributed by atoms with Gasteiger partial charge in [0.05, 0.1) is 7.11 Å². The lowest BCUT2D eigenvalue weighted by molar-refractivity contribution is 0.415. The standard InChI is InChI=1S/C15H17ClN2O/c1-18(13-4-3-5-14(9-13)19-2)10-11-8-12(16)6-7-15(11)17/h3-9H,10,17H2,1-2H3. The molecule has 0 saturated heterocycles. The van der Waals surface area contributed by atoms with E-state index in [1.165, 1.54) is 0 Å². The van der Waals surface area contributed by atoms with Gasteiger partial charge in [-0.2, -0.15) is 0 Å². The highest BCUT2D eigenvalue weighted by Crippen LogP contribution is 2.24. The second-order valence-electron chi connectivity index (χ2n) is 4.40. The molecule has 0 spiro atoms. The van der Waals surface area contributed by atoms with Gasteiger partial charge in [-0.1, -0.05) is 17.7 Å². The van der Waals surface area contributed by atoms with Crippen molar-refractivity contribution in [3.05, 3.63) is 53.1 Å². The van der Waals surface area contributed by atoms with Crippen LogP contribution in [0.25, 0.3) is 0 Å². The van der Waals surface area contributed by atoms with E-state index in [4.69, 9.17) is 22.1 Å². The summed E-state index contributed by atoms with van der Waals surface area (Å²) in [5.74, 6) is 0.836. The van der Waals surface area contributed by atoms with Gasteiger partial charge in [-0.3, -0.25) is 0 Å². The number of anilines is 2. The van der Waals surface area contributed by atoms with Crippen molar-refractivity contribution in [1.82, 2.24) is 0 Å². The quantitative estimate of drug-likeness (QED) is 0.868. The molecule has 0 atom stereocenters. The molecule has 100 valence electrons. The monoisotopic (exact) mass is 276 g/mol. The first kappa shape index (κ1) is 13.6. The zero-order valence-electron chi connectivity index (χ0n) is 11.1. The summed E-state index contributed by atoms with van der Waals surface area (Å²) < 4.78 is 5.23. The number of benzene rings is 2. The van der Waals surface area contributed by atoms with Gasteiger partial charge in [-0.05, 0) is 35.9 Å². The van der Waals surface area contributed by atoms with Crippen LogP contribution in [0.3, 0.4) is 0 Å². The molecule has 0 bridgehead atoms. The average Bonchev–Trinajstić information content (AvgIpc) is 2.43. The molecule has 4 heteroatoms. The van der Waals surface area contributed by atoms with Crippen molar-refractivity contribution in [2.24, 2.45) is 0 Å². The third-order valence-corrected chi connectivity index (χ3v) is 3.24. The predicted octanol–water partition coefficient (Wildman–Crippen LogP) is 3.57. The van der Waals surface area contributed by atoms with Crippen LogP contribution in [0, 0.1) is 0 Å².